The third-order valence-electron chi connectivity index (χ3n) is 2.56. The van der Waals surface area contributed by atoms with Crippen molar-refractivity contribution in [2.45, 2.75) is 46.1 Å². The Morgan fingerprint density at radius 2 is 2.28 bits per heavy atom. The summed E-state index contributed by atoms with van der Waals surface area (Å²) in [5, 5.41) is 4.28. The average Bonchev–Trinajstić information content (AvgIpc) is 2.76. The first-order valence-corrected chi connectivity index (χ1v) is 6.97. The number of rotatable bonds is 6. The zero-order valence-electron chi connectivity index (χ0n) is 11.3. The van der Waals surface area contributed by atoms with E-state index in [4.69, 9.17) is 5.73 Å². The van der Waals surface area contributed by atoms with Crippen molar-refractivity contribution in [2.24, 2.45) is 10.7 Å². The van der Waals surface area contributed by atoms with Gasteiger partial charge in [-0.25, -0.2) is 4.98 Å². The second-order valence-electron chi connectivity index (χ2n) is 4.04. The van der Waals surface area contributed by atoms with Crippen LogP contribution in [0.15, 0.2) is 11.2 Å². The number of halogens is 1. The Balaban J connectivity index is 0.00000289. The first-order valence-electron chi connectivity index (χ1n) is 6.15. The van der Waals surface area contributed by atoms with Gasteiger partial charge in [0.05, 0.1) is 5.01 Å². The summed E-state index contributed by atoms with van der Waals surface area (Å²) >= 11 is 1.76. The Morgan fingerprint density at radius 3 is 2.83 bits per heavy atom. The van der Waals surface area contributed by atoms with Gasteiger partial charge in [-0.1, -0.05) is 13.8 Å². The first kappa shape index (κ1) is 17.6. The molecule has 0 amide bonds. The number of hydrogen-bond acceptors (Lipinski definition) is 3. The van der Waals surface area contributed by atoms with Crippen molar-refractivity contribution < 1.29 is 0 Å². The van der Waals surface area contributed by atoms with E-state index < -0.39 is 0 Å². The minimum absolute atomic E-state index is 0. The maximum Gasteiger partial charge on any atom is 0.188 e. The normalized spacial score (nSPS) is 12.9. The monoisotopic (exact) mass is 382 g/mol. The van der Waals surface area contributed by atoms with Gasteiger partial charge >= 0.3 is 0 Å². The Morgan fingerprint density at radius 1 is 1.56 bits per heavy atom. The van der Waals surface area contributed by atoms with Gasteiger partial charge < -0.3 is 11.1 Å². The zero-order valence-corrected chi connectivity index (χ0v) is 14.4. The van der Waals surface area contributed by atoms with Crippen molar-refractivity contribution >= 4 is 41.3 Å². The van der Waals surface area contributed by atoms with Crippen molar-refractivity contribution in [1.29, 1.82) is 0 Å². The SMILES string of the molecule is CCc1cnc(CCN=C(N)NC(C)CC)s1.I. The summed E-state index contributed by atoms with van der Waals surface area (Å²) in [7, 11) is 0. The van der Waals surface area contributed by atoms with Crippen molar-refractivity contribution in [2.75, 3.05) is 6.54 Å². The lowest BCUT2D eigenvalue weighted by atomic mass is 10.3. The summed E-state index contributed by atoms with van der Waals surface area (Å²) in [6.45, 7) is 7.05. The van der Waals surface area contributed by atoms with Gasteiger partial charge in [-0.15, -0.1) is 35.3 Å². The van der Waals surface area contributed by atoms with Crippen LogP contribution in [-0.4, -0.2) is 23.5 Å². The molecule has 0 fully saturated rings. The number of aryl methyl sites for hydroxylation is 1. The fourth-order valence-electron chi connectivity index (χ4n) is 1.30. The lowest BCUT2D eigenvalue weighted by Crippen LogP contribution is -2.38. The van der Waals surface area contributed by atoms with Crippen LogP contribution in [0.4, 0.5) is 0 Å². The molecule has 104 valence electrons. The number of nitrogens with one attached hydrogen (secondary N) is 1. The van der Waals surface area contributed by atoms with E-state index in [1.54, 1.807) is 11.3 Å². The Hall–Kier alpha value is -0.370. The van der Waals surface area contributed by atoms with Gasteiger partial charge in [0.2, 0.25) is 0 Å². The minimum Gasteiger partial charge on any atom is -0.370 e. The smallest absolute Gasteiger partial charge is 0.188 e. The molecule has 0 spiro atoms. The van der Waals surface area contributed by atoms with Crippen LogP contribution < -0.4 is 11.1 Å². The Kier molecular flexibility index (Phi) is 9.35. The van der Waals surface area contributed by atoms with E-state index in [9.17, 15) is 0 Å². The minimum atomic E-state index is 0. The molecule has 1 atom stereocenters. The van der Waals surface area contributed by atoms with E-state index in [0.717, 1.165) is 24.3 Å². The van der Waals surface area contributed by atoms with Crippen molar-refractivity contribution in [3.8, 4) is 0 Å². The van der Waals surface area contributed by atoms with Crippen LogP contribution in [0.3, 0.4) is 0 Å². The highest BCUT2D eigenvalue weighted by molar-refractivity contribution is 14.0. The van der Waals surface area contributed by atoms with Crippen molar-refractivity contribution in [3.63, 3.8) is 0 Å². The summed E-state index contributed by atoms with van der Waals surface area (Å²) in [6.07, 6.45) is 4.92. The fourth-order valence-corrected chi connectivity index (χ4v) is 2.15. The second-order valence-corrected chi connectivity index (χ2v) is 5.24. The molecule has 0 saturated heterocycles. The summed E-state index contributed by atoms with van der Waals surface area (Å²) in [5.74, 6) is 0.534. The van der Waals surface area contributed by atoms with Crippen LogP contribution in [0.5, 0.6) is 0 Å². The number of aliphatic imine (C=N–C) groups is 1. The van der Waals surface area contributed by atoms with E-state index in [2.05, 4.69) is 36.1 Å². The summed E-state index contributed by atoms with van der Waals surface area (Å²) < 4.78 is 0. The number of nitrogens with two attached hydrogens (primary N) is 1. The van der Waals surface area contributed by atoms with Gasteiger partial charge in [-0.3, -0.25) is 4.99 Å². The Labute approximate surface area is 131 Å². The van der Waals surface area contributed by atoms with Gasteiger partial charge in [-0.05, 0) is 19.8 Å². The molecule has 3 N–H and O–H groups in total. The standard InChI is InChI=1S/C12H22N4S.HI/c1-4-9(3)16-12(13)14-7-6-11-15-8-10(5-2)17-11;/h8-9H,4-7H2,1-3H3,(H3,13,14,16);1H. The molecule has 1 heterocycles. The number of guanidine groups is 1. The van der Waals surface area contributed by atoms with Crippen molar-refractivity contribution in [1.82, 2.24) is 10.3 Å². The van der Waals surface area contributed by atoms with E-state index in [1.165, 1.54) is 4.88 Å². The van der Waals surface area contributed by atoms with Crippen LogP contribution in [0, 0.1) is 0 Å². The summed E-state index contributed by atoms with van der Waals surface area (Å²) in [4.78, 5) is 9.97. The van der Waals surface area contributed by atoms with Crippen molar-refractivity contribution in [3.05, 3.63) is 16.1 Å². The zero-order chi connectivity index (χ0) is 12.7. The molecule has 6 heteroatoms. The molecule has 0 aromatic carbocycles. The highest BCUT2D eigenvalue weighted by Crippen LogP contribution is 2.13. The molecule has 0 aliphatic carbocycles. The number of thiazole rings is 1. The van der Waals surface area contributed by atoms with Gasteiger partial charge in [0, 0.05) is 30.1 Å². The third kappa shape index (κ3) is 6.53. The molecule has 1 rings (SSSR count). The molecule has 0 saturated carbocycles. The lowest BCUT2D eigenvalue weighted by molar-refractivity contribution is 0.636. The molecule has 0 bridgehead atoms. The molecule has 0 radical (unpaired) electrons. The molecule has 18 heavy (non-hydrogen) atoms. The van der Waals surface area contributed by atoms with Gasteiger partial charge in [0.15, 0.2) is 5.96 Å². The number of aromatic nitrogens is 1. The fraction of sp³-hybridized carbons (Fsp3) is 0.667. The van der Waals surface area contributed by atoms with Crippen LogP contribution in [0.1, 0.15) is 37.1 Å². The highest BCUT2D eigenvalue weighted by atomic mass is 127. The molecule has 1 aromatic rings. The van der Waals surface area contributed by atoms with Gasteiger partial charge in [0.1, 0.15) is 0 Å². The predicted molar refractivity (Wildman–Crippen MR) is 90.0 cm³/mol. The molecule has 4 nitrogen and oxygen atoms in total. The Bertz CT molecular complexity index is 365. The summed E-state index contributed by atoms with van der Waals surface area (Å²) in [5.41, 5.74) is 5.77. The van der Waals surface area contributed by atoms with Gasteiger partial charge in [-0.2, -0.15) is 0 Å². The quantitative estimate of drug-likeness (QED) is 0.452. The first-order chi connectivity index (χ1) is 8.15. The maximum atomic E-state index is 5.77. The number of nitrogens with zero attached hydrogens (tertiary/aromatic N) is 2. The van der Waals surface area contributed by atoms with E-state index in [1.807, 2.05) is 6.20 Å². The van der Waals surface area contributed by atoms with E-state index in [0.29, 0.717) is 18.5 Å². The summed E-state index contributed by atoms with van der Waals surface area (Å²) in [6, 6.07) is 0.380. The molecule has 1 unspecified atom stereocenters. The third-order valence-corrected chi connectivity index (χ3v) is 3.77. The highest BCUT2D eigenvalue weighted by Gasteiger charge is 2.01. The molecule has 0 aliphatic heterocycles. The van der Waals surface area contributed by atoms with Gasteiger partial charge in [0.25, 0.3) is 0 Å². The topological polar surface area (TPSA) is 63.3 Å². The van der Waals surface area contributed by atoms with Crippen LogP contribution in [0.2, 0.25) is 0 Å². The number of hydrogen-bond donors (Lipinski definition) is 2. The molecule has 0 aliphatic rings. The van der Waals surface area contributed by atoms with Crippen LogP contribution in [0.25, 0.3) is 0 Å². The largest absolute Gasteiger partial charge is 0.370 e. The predicted octanol–water partition coefficient (Wildman–Crippen LogP) is 2.57. The molecular weight excluding hydrogens is 359 g/mol. The second kappa shape index (κ2) is 9.55. The maximum absolute atomic E-state index is 5.77. The van der Waals surface area contributed by atoms with E-state index in [-0.39, 0.29) is 24.0 Å². The lowest BCUT2D eigenvalue weighted by Gasteiger charge is -2.11. The van der Waals surface area contributed by atoms with E-state index >= 15 is 0 Å². The molecule has 1 aromatic heterocycles. The van der Waals surface area contributed by atoms with Crippen LogP contribution >= 0.6 is 35.3 Å². The molecular formula is C12H23IN4S. The van der Waals surface area contributed by atoms with Crippen LogP contribution in [-0.2, 0) is 12.8 Å². The average molecular weight is 382 g/mol.